The van der Waals surface area contributed by atoms with Gasteiger partial charge in [-0.15, -0.1) is 22.7 Å². The molecule has 0 N–H and O–H groups in total. The Morgan fingerprint density at radius 3 is 1.35 bits per heavy atom. The third-order valence-electron chi connectivity index (χ3n) is 13.8. The second-order valence-electron chi connectivity index (χ2n) is 18.0. The number of para-hydroxylation sites is 1. The van der Waals surface area contributed by atoms with Crippen molar-refractivity contribution < 1.29 is 4.42 Å². The Labute approximate surface area is 419 Å². The van der Waals surface area contributed by atoms with Crippen molar-refractivity contribution in [2.24, 2.45) is 0 Å². The maximum atomic E-state index is 7.07. The maximum Gasteiger partial charge on any atom is 0.159 e. The van der Waals surface area contributed by atoms with Gasteiger partial charge in [-0.25, -0.2) is 0 Å². The molecule has 0 saturated carbocycles. The molecule has 3 aromatic heterocycles. The molecule has 5 heteroatoms. The van der Waals surface area contributed by atoms with Crippen molar-refractivity contribution in [3.05, 3.63) is 255 Å². The third kappa shape index (κ3) is 7.17. The zero-order valence-electron chi connectivity index (χ0n) is 38.4. The van der Waals surface area contributed by atoms with Gasteiger partial charge in [-0.2, -0.15) is 0 Å². The minimum Gasteiger partial charge on any atom is -0.454 e. The molecule has 14 aromatic rings. The van der Waals surface area contributed by atoms with Crippen LogP contribution in [0.2, 0.25) is 0 Å². The monoisotopic (exact) mass is 942 g/mol. The predicted molar refractivity (Wildman–Crippen MR) is 305 cm³/mol. The highest BCUT2D eigenvalue weighted by Gasteiger charge is 2.26. The van der Waals surface area contributed by atoms with Gasteiger partial charge in [-0.05, 0) is 124 Å². The molecule has 0 spiro atoms. The van der Waals surface area contributed by atoms with Crippen LogP contribution in [0, 0.1) is 0 Å². The lowest BCUT2D eigenvalue weighted by Crippen LogP contribution is -2.14. The SMILES string of the molecule is c1ccc(-c2ccc(N(c3ccc4sc5ccccc5c4c3)c3cc(N(c4ccc(-c5ccccc5)c(-c5ccccc5)c4)c4ccc5sc6ccccc6c5c4)cc4c3oc3ccccc34)cc2)cc1. The maximum absolute atomic E-state index is 7.07. The molecule has 14 rings (SSSR count). The van der Waals surface area contributed by atoms with E-state index in [9.17, 15) is 0 Å². The van der Waals surface area contributed by atoms with Crippen molar-refractivity contribution in [3.63, 3.8) is 0 Å². The predicted octanol–water partition coefficient (Wildman–Crippen LogP) is 20.3. The van der Waals surface area contributed by atoms with E-state index in [4.69, 9.17) is 4.42 Å². The first-order chi connectivity index (χ1) is 35.2. The minimum absolute atomic E-state index is 0.820. The number of hydrogen-bond donors (Lipinski definition) is 0. The van der Waals surface area contributed by atoms with E-state index < -0.39 is 0 Å². The summed E-state index contributed by atoms with van der Waals surface area (Å²) in [6.45, 7) is 0. The van der Waals surface area contributed by atoms with E-state index in [1.807, 2.05) is 22.7 Å². The summed E-state index contributed by atoms with van der Waals surface area (Å²) in [5.41, 5.74) is 14.8. The van der Waals surface area contributed by atoms with E-state index in [0.29, 0.717) is 0 Å². The fourth-order valence-electron chi connectivity index (χ4n) is 10.5. The van der Waals surface area contributed by atoms with Crippen LogP contribution in [0.3, 0.4) is 0 Å². The Hall–Kier alpha value is -8.74. The summed E-state index contributed by atoms with van der Waals surface area (Å²) in [7, 11) is 0. The van der Waals surface area contributed by atoms with Crippen LogP contribution >= 0.6 is 22.7 Å². The van der Waals surface area contributed by atoms with Gasteiger partial charge >= 0.3 is 0 Å². The smallest absolute Gasteiger partial charge is 0.159 e. The molecule has 3 heterocycles. The fraction of sp³-hybridized carbons (Fsp3) is 0. The summed E-state index contributed by atoms with van der Waals surface area (Å²) in [6, 6.07) is 92.6. The number of hydrogen-bond acceptors (Lipinski definition) is 5. The summed E-state index contributed by atoms with van der Waals surface area (Å²) in [6.07, 6.45) is 0. The summed E-state index contributed by atoms with van der Waals surface area (Å²) < 4.78 is 12.1. The number of furan rings is 1. The van der Waals surface area contributed by atoms with E-state index in [2.05, 4.69) is 265 Å². The highest BCUT2D eigenvalue weighted by Crippen LogP contribution is 2.50. The van der Waals surface area contributed by atoms with Crippen LogP contribution in [0.15, 0.2) is 259 Å². The second-order valence-corrected chi connectivity index (χ2v) is 20.2. The number of rotatable bonds is 9. The molecule has 0 amide bonds. The number of thiophene rings is 2. The molecule has 3 nitrogen and oxygen atoms in total. The van der Waals surface area contributed by atoms with Gasteiger partial charge in [0.05, 0.1) is 5.69 Å². The van der Waals surface area contributed by atoms with Crippen LogP contribution in [0.25, 0.3) is 95.7 Å². The highest BCUT2D eigenvalue weighted by molar-refractivity contribution is 7.26. The van der Waals surface area contributed by atoms with Gasteiger partial charge in [0.15, 0.2) is 5.58 Å². The molecular weight excluding hydrogens is 901 g/mol. The van der Waals surface area contributed by atoms with Crippen LogP contribution in [0.5, 0.6) is 0 Å². The van der Waals surface area contributed by atoms with E-state index in [1.165, 1.54) is 57.0 Å². The van der Waals surface area contributed by atoms with Gasteiger partial charge in [-0.1, -0.05) is 164 Å². The number of nitrogens with zero attached hydrogens (tertiary/aromatic N) is 2. The molecule has 0 atom stereocenters. The number of anilines is 6. The Kier molecular flexibility index (Phi) is 9.90. The zero-order valence-corrected chi connectivity index (χ0v) is 40.0. The molecule has 0 saturated heterocycles. The van der Waals surface area contributed by atoms with Crippen LogP contribution in [-0.4, -0.2) is 0 Å². The molecule has 11 aromatic carbocycles. The third-order valence-corrected chi connectivity index (χ3v) is 16.1. The van der Waals surface area contributed by atoms with Crippen molar-refractivity contribution in [2.45, 2.75) is 0 Å². The Morgan fingerprint density at radius 1 is 0.268 bits per heavy atom. The molecule has 0 fully saturated rings. The van der Waals surface area contributed by atoms with E-state index >= 15 is 0 Å². The lowest BCUT2D eigenvalue weighted by atomic mass is 9.93. The van der Waals surface area contributed by atoms with E-state index in [0.717, 1.165) is 72.8 Å². The minimum atomic E-state index is 0.820. The quantitative estimate of drug-likeness (QED) is 0.144. The van der Waals surface area contributed by atoms with Crippen LogP contribution in [-0.2, 0) is 0 Å². The van der Waals surface area contributed by atoms with Crippen molar-refractivity contribution in [2.75, 3.05) is 9.80 Å². The lowest BCUT2D eigenvalue weighted by molar-refractivity contribution is 0.669. The first kappa shape index (κ1) is 41.3. The normalized spacial score (nSPS) is 11.7. The van der Waals surface area contributed by atoms with E-state index in [-0.39, 0.29) is 0 Å². The summed E-state index contributed by atoms with van der Waals surface area (Å²) in [5.74, 6) is 0. The van der Waals surface area contributed by atoms with Crippen LogP contribution in [0.1, 0.15) is 0 Å². The zero-order chi connectivity index (χ0) is 46.8. The van der Waals surface area contributed by atoms with Gasteiger partial charge in [-0.3, -0.25) is 0 Å². The average Bonchev–Trinajstić information content (AvgIpc) is 4.13. The molecule has 334 valence electrons. The molecule has 0 aliphatic rings. The molecule has 0 radical (unpaired) electrons. The Bertz CT molecular complexity index is 4290. The molecule has 0 aliphatic heterocycles. The fourth-order valence-corrected chi connectivity index (χ4v) is 12.7. The van der Waals surface area contributed by atoms with Crippen LogP contribution in [0.4, 0.5) is 34.1 Å². The van der Waals surface area contributed by atoms with Gasteiger partial charge in [0.2, 0.25) is 0 Å². The van der Waals surface area contributed by atoms with Crippen molar-refractivity contribution in [1.29, 1.82) is 0 Å². The van der Waals surface area contributed by atoms with Gasteiger partial charge in [0.1, 0.15) is 5.58 Å². The van der Waals surface area contributed by atoms with Crippen molar-refractivity contribution in [1.82, 2.24) is 0 Å². The summed E-state index contributed by atoms with van der Waals surface area (Å²) >= 11 is 3.68. The average molecular weight is 943 g/mol. The topological polar surface area (TPSA) is 19.6 Å². The van der Waals surface area contributed by atoms with Crippen LogP contribution < -0.4 is 9.80 Å². The highest BCUT2D eigenvalue weighted by atomic mass is 32.1. The Morgan fingerprint density at radius 2 is 0.718 bits per heavy atom. The largest absolute Gasteiger partial charge is 0.454 e. The first-order valence-corrected chi connectivity index (χ1v) is 25.6. The summed E-state index contributed by atoms with van der Waals surface area (Å²) in [4.78, 5) is 4.85. The molecule has 0 unspecified atom stereocenters. The van der Waals surface area contributed by atoms with Gasteiger partial charge in [0.25, 0.3) is 0 Å². The summed E-state index contributed by atoms with van der Waals surface area (Å²) in [5, 5.41) is 7.09. The number of benzene rings is 11. The molecule has 71 heavy (non-hydrogen) atoms. The van der Waals surface area contributed by atoms with E-state index in [1.54, 1.807) is 0 Å². The molecular formula is C66H42N2OS2. The van der Waals surface area contributed by atoms with Gasteiger partial charge < -0.3 is 14.2 Å². The lowest BCUT2D eigenvalue weighted by Gasteiger charge is -2.30. The second kappa shape index (κ2) is 17.0. The Balaban J connectivity index is 1.06. The molecule has 0 aliphatic carbocycles. The van der Waals surface area contributed by atoms with Crippen molar-refractivity contribution >= 4 is 119 Å². The standard InChI is InChI=1S/C66H42N2OS2/c1-4-16-43(17-5-1)44-28-30-47(31-29-44)68(50-34-37-65-58(40-50)55-24-12-15-27-63(55)71-65)60-42-51(41-59-53-22-10-13-25-61(53)69-66(59)60)67(49-33-36-64-57(39-49)54-23-11-14-26-62(54)70-64)48-32-35-52(45-18-6-2-7-19-45)56(38-48)46-20-8-3-9-21-46/h1-42H. The van der Waals surface area contributed by atoms with Gasteiger partial charge in [0, 0.05) is 79.6 Å². The number of fused-ring (bicyclic) bond motifs is 9. The first-order valence-electron chi connectivity index (χ1n) is 24.0. The van der Waals surface area contributed by atoms with Crippen molar-refractivity contribution in [3.8, 4) is 33.4 Å². The molecule has 0 bridgehead atoms.